The molecule has 4 fully saturated rings. The summed E-state index contributed by atoms with van der Waals surface area (Å²) in [6.07, 6.45) is -6.16. The van der Waals surface area contributed by atoms with Crippen LogP contribution in [0.1, 0.15) is 144 Å². The first kappa shape index (κ1) is 70.0. The predicted octanol–water partition coefficient (Wildman–Crippen LogP) is 5.95. The number of hydrogen-bond donors (Lipinski definition) is 5. The summed E-state index contributed by atoms with van der Waals surface area (Å²) in [4.78, 5) is 70.1. The molecule has 6 rings (SSSR count). The monoisotopic (exact) mass is 1220 g/mol. The minimum Gasteiger partial charge on any atom is -0.477 e. The number of nitrogens with one attached hydrogen (secondary N) is 1. The van der Waals surface area contributed by atoms with Crippen molar-refractivity contribution in [3.05, 3.63) is 39.1 Å². The molecule has 18 atom stereocenters. The molecule has 24 heteroatoms. The first-order valence-corrected chi connectivity index (χ1v) is 30.5. The zero-order valence-corrected chi connectivity index (χ0v) is 53.3. The van der Waals surface area contributed by atoms with Gasteiger partial charge in [0, 0.05) is 62.6 Å². The molecule has 85 heavy (non-hydrogen) atoms. The number of carboxylic acids is 1. The van der Waals surface area contributed by atoms with E-state index in [1.165, 1.54) is 20.2 Å². The molecule has 0 unspecified atom stereocenters. The van der Waals surface area contributed by atoms with Crippen molar-refractivity contribution >= 4 is 52.1 Å². The largest absolute Gasteiger partial charge is 0.477 e. The molecular formula is C61H97ClN4O19. The minimum atomic E-state index is -1.89. The second-order valence-corrected chi connectivity index (χ2v) is 25.4. The van der Waals surface area contributed by atoms with Crippen LogP contribution in [0.5, 0.6) is 0 Å². The number of ether oxygens (including phenoxy) is 10. The van der Waals surface area contributed by atoms with Crippen LogP contribution in [-0.2, 0) is 61.8 Å². The van der Waals surface area contributed by atoms with Crippen LogP contribution in [0.4, 0.5) is 5.69 Å². The summed E-state index contributed by atoms with van der Waals surface area (Å²) in [5, 5.41) is 50.2. The number of carbonyl (C=O) groups excluding carboxylic acids is 3. The third-order valence-electron chi connectivity index (χ3n) is 17.6. The number of aliphatic hydroxyl groups excluding tert-OH is 1. The summed E-state index contributed by atoms with van der Waals surface area (Å²) in [7, 11) is 7.07. The third kappa shape index (κ3) is 17.2. The number of anilines is 1. The molecule has 2 aromatic rings. The fraction of sp³-hybridized carbons (Fsp3) is 0.787. The van der Waals surface area contributed by atoms with E-state index >= 15 is 0 Å². The molecule has 0 bridgehead atoms. The number of pyridine rings is 1. The number of carboxylic acid groups (broad SMARTS) is 1. The maximum atomic E-state index is 14.7. The second kappa shape index (κ2) is 29.9. The highest BCUT2D eigenvalue weighted by molar-refractivity contribution is 6.34. The summed E-state index contributed by atoms with van der Waals surface area (Å²) in [5.41, 5.74) is -4.62. The molecule has 1 aromatic heterocycles. The molecule has 1 saturated carbocycles. The highest BCUT2D eigenvalue weighted by Crippen LogP contribution is 2.42. The molecular weight excluding hydrogens is 1130 g/mol. The van der Waals surface area contributed by atoms with Gasteiger partial charge in [0.2, 0.25) is 5.43 Å². The van der Waals surface area contributed by atoms with E-state index in [9.17, 15) is 44.4 Å². The molecule has 0 spiro atoms. The van der Waals surface area contributed by atoms with Crippen LogP contribution in [-0.4, -0.2) is 217 Å². The number of aromatic carboxylic acids is 1. The average Bonchev–Trinajstić information content (AvgIpc) is 3.45. The van der Waals surface area contributed by atoms with Gasteiger partial charge in [0.05, 0.1) is 91.1 Å². The maximum Gasteiger partial charge on any atom is 0.341 e. The van der Waals surface area contributed by atoms with Gasteiger partial charge in [-0.1, -0.05) is 39.3 Å². The lowest BCUT2D eigenvalue weighted by Gasteiger charge is -2.49. The first-order valence-electron chi connectivity index (χ1n) is 30.2. The quantitative estimate of drug-likeness (QED) is 0.0517. The summed E-state index contributed by atoms with van der Waals surface area (Å²) in [6.45, 7) is 20.4. The van der Waals surface area contributed by atoms with Gasteiger partial charge in [-0.15, -0.1) is 0 Å². The SMILES string of the molecule is CCC(=O)O[C@H]1[C@H](O[C@@H]2[C@@H](C)[C@H](O[C@H]3C[C@@](C)(OC)[C@@H](OC(=O)CCOCCOCCNc4cc5c(=O)c(C(=O)O)cn(C6CC6)c5cc4Cl)[C@H](C)O3)[C@@H](C)C(=O)O[C@H](CC)[C@@](C)(O)[C@H](O)[C@@H](C)N(C)C[C@H](C)C[C@@]2(C)O)O[C@H](C)C[C@@H]1N(C)C. The molecule has 0 amide bonds. The number of hydrogen-bond acceptors (Lipinski definition) is 21. The Morgan fingerprint density at radius 2 is 1.55 bits per heavy atom. The van der Waals surface area contributed by atoms with Crippen molar-refractivity contribution < 1.29 is 87.0 Å². The van der Waals surface area contributed by atoms with E-state index in [4.69, 9.17) is 59.0 Å². The number of aromatic nitrogens is 1. The molecule has 3 aliphatic heterocycles. The van der Waals surface area contributed by atoms with Crippen molar-refractivity contribution in [3.63, 3.8) is 0 Å². The van der Waals surface area contributed by atoms with E-state index in [1.807, 2.05) is 49.4 Å². The lowest BCUT2D eigenvalue weighted by molar-refractivity contribution is -0.319. The number of methoxy groups -OCH3 is 1. The minimum absolute atomic E-state index is 0.00274. The van der Waals surface area contributed by atoms with Gasteiger partial charge < -0.3 is 87.5 Å². The third-order valence-corrected chi connectivity index (χ3v) is 17.9. The normalized spacial score (nSPS) is 35.6. The molecule has 5 N–H and O–H groups in total. The Morgan fingerprint density at radius 1 is 0.882 bits per heavy atom. The number of fused-ring (bicyclic) bond motifs is 1. The van der Waals surface area contributed by atoms with Gasteiger partial charge in [0.1, 0.15) is 29.0 Å². The number of halogens is 1. The number of esters is 3. The maximum absolute atomic E-state index is 14.7. The highest BCUT2D eigenvalue weighted by Gasteiger charge is 2.54. The van der Waals surface area contributed by atoms with Gasteiger partial charge in [0.15, 0.2) is 24.8 Å². The van der Waals surface area contributed by atoms with Crippen molar-refractivity contribution in [1.82, 2.24) is 14.4 Å². The van der Waals surface area contributed by atoms with Crippen LogP contribution < -0.4 is 10.7 Å². The standard InChI is InChI=1S/C61H97ClN4O19/c1-16-46-61(11,75)53(70)37(7)65(14)31-33(3)29-59(9,74)54(85-58-52(82-47(67)17-2)45(64(12)13)26-34(4)79-58)35(5)51(36(6)57(73)81-46)84-49-30-60(10,76-15)55(38(8)80-49)83-48(68)20-22-77-24-25-78-23-21-63-43-27-40-44(28-42(43)62)66(39-18-19-39)32-41(50(40)69)56(71)72/h27-28,32-39,45-46,49,51-55,58,63,70,74-75H,16-26,29-31H2,1-15H3,(H,71,72)/t33-,34-,35+,36-,37-,38+,45+,46-,49+,51+,52-,53-,54-,55+,58+,59-,60-,61-/m1/s1. The summed E-state index contributed by atoms with van der Waals surface area (Å²) in [5.74, 6) is -5.34. The van der Waals surface area contributed by atoms with E-state index in [0.29, 0.717) is 35.7 Å². The number of rotatable bonds is 22. The highest BCUT2D eigenvalue weighted by atomic mass is 35.5. The molecule has 0 radical (unpaired) electrons. The Balaban J connectivity index is 1.14. The Bertz CT molecular complexity index is 2640. The second-order valence-electron chi connectivity index (χ2n) is 25.0. The number of cyclic esters (lactones) is 1. The molecule has 4 aliphatic rings. The number of aliphatic hydroxyl groups is 3. The first-order chi connectivity index (χ1) is 39.9. The molecule has 4 heterocycles. The molecule has 482 valence electrons. The summed E-state index contributed by atoms with van der Waals surface area (Å²) in [6, 6.07) is 2.42. The number of likely N-dealkylation sites (N-methyl/N-ethyl adjacent to an activating group) is 2. The number of nitrogens with zero attached hydrogens (tertiary/aromatic N) is 3. The van der Waals surface area contributed by atoms with Crippen LogP contribution in [0.25, 0.3) is 10.9 Å². The predicted molar refractivity (Wildman–Crippen MR) is 315 cm³/mol. The van der Waals surface area contributed by atoms with E-state index < -0.39 is 119 Å². The van der Waals surface area contributed by atoms with Crippen LogP contribution in [0.2, 0.25) is 5.02 Å². The van der Waals surface area contributed by atoms with Crippen LogP contribution in [0.15, 0.2) is 23.1 Å². The van der Waals surface area contributed by atoms with Crippen LogP contribution >= 0.6 is 11.6 Å². The van der Waals surface area contributed by atoms with Crippen LogP contribution in [0.3, 0.4) is 0 Å². The van der Waals surface area contributed by atoms with Gasteiger partial charge in [-0.3, -0.25) is 19.2 Å². The Hall–Kier alpha value is -4.08. The number of benzene rings is 1. The van der Waals surface area contributed by atoms with Crippen molar-refractivity contribution in [1.29, 1.82) is 0 Å². The van der Waals surface area contributed by atoms with E-state index in [1.54, 1.807) is 67.5 Å². The van der Waals surface area contributed by atoms with E-state index in [0.717, 1.165) is 12.8 Å². The van der Waals surface area contributed by atoms with Crippen molar-refractivity contribution in [2.45, 2.75) is 224 Å². The van der Waals surface area contributed by atoms with E-state index in [-0.39, 0.29) is 93.6 Å². The Labute approximate surface area is 505 Å². The lowest BCUT2D eigenvalue weighted by atomic mass is 9.77. The molecule has 3 saturated heterocycles. The lowest BCUT2D eigenvalue weighted by Crippen LogP contribution is -2.61. The van der Waals surface area contributed by atoms with Crippen molar-refractivity contribution in [2.24, 2.45) is 17.8 Å². The number of carbonyl (C=O) groups is 4. The van der Waals surface area contributed by atoms with E-state index in [2.05, 4.69) is 5.32 Å². The zero-order chi connectivity index (χ0) is 63.0. The molecule has 1 aliphatic carbocycles. The van der Waals surface area contributed by atoms with Crippen LogP contribution in [0, 0.1) is 17.8 Å². The molecule has 23 nitrogen and oxygen atoms in total. The van der Waals surface area contributed by atoms with Gasteiger partial charge in [-0.2, -0.15) is 0 Å². The fourth-order valence-corrected chi connectivity index (χ4v) is 12.8. The topological polar surface area (TPSA) is 282 Å². The summed E-state index contributed by atoms with van der Waals surface area (Å²) >= 11 is 6.59. The Kier molecular flexibility index (Phi) is 24.7. The van der Waals surface area contributed by atoms with Gasteiger partial charge >= 0.3 is 23.9 Å². The fourth-order valence-electron chi connectivity index (χ4n) is 12.5. The zero-order valence-electron chi connectivity index (χ0n) is 52.5. The van der Waals surface area contributed by atoms with Gasteiger partial charge in [-0.05, 0) is 120 Å². The van der Waals surface area contributed by atoms with Gasteiger partial charge in [0.25, 0.3) is 0 Å². The molecule has 1 aromatic carbocycles. The Morgan fingerprint density at radius 3 is 2.16 bits per heavy atom. The van der Waals surface area contributed by atoms with Crippen molar-refractivity contribution in [2.75, 3.05) is 73.1 Å². The summed E-state index contributed by atoms with van der Waals surface area (Å²) < 4.78 is 64.7. The smallest absolute Gasteiger partial charge is 0.341 e. The van der Waals surface area contributed by atoms with Gasteiger partial charge in [-0.25, -0.2) is 4.79 Å². The van der Waals surface area contributed by atoms with Crippen molar-refractivity contribution in [3.8, 4) is 0 Å². The average molecular weight is 1230 g/mol.